The summed E-state index contributed by atoms with van der Waals surface area (Å²) in [5.41, 5.74) is 12.3. The largest absolute Gasteiger partial charge is 0.493 e. The molecule has 0 radical (unpaired) electrons. The fourth-order valence-electron chi connectivity index (χ4n) is 3.36. The van der Waals surface area contributed by atoms with Crippen LogP contribution in [0.15, 0.2) is 41.5 Å². The third-order valence-electron chi connectivity index (χ3n) is 5.61. The molecule has 0 aromatic heterocycles. The van der Waals surface area contributed by atoms with Crippen molar-refractivity contribution < 1.29 is 19.0 Å². The van der Waals surface area contributed by atoms with Crippen LogP contribution in [0.5, 0.6) is 11.5 Å². The van der Waals surface area contributed by atoms with Crippen LogP contribution >= 0.6 is 12.2 Å². The Bertz CT molecular complexity index is 1130. The molecule has 10 heteroatoms. The smallest absolute Gasteiger partial charge is 0.311 e. The Labute approximate surface area is 224 Å². The maximum atomic E-state index is 12.4. The lowest BCUT2D eigenvalue weighted by Crippen LogP contribution is -2.45. The summed E-state index contributed by atoms with van der Waals surface area (Å²) in [6, 6.07) is 11.7. The van der Waals surface area contributed by atoms with Crippen molar-refractivity contribution in [3.63, 3.8) is 0 Å². The van der Waals surface area contributed by atoms with Gasteiger partial charge in [-0.2, -0.15) is 0 Å². The molecule has 0 bridgehead atoms. The monoisotopic (exact) mass is 527 g/mol. The highest BCUT2D eigenvalue weighted by Crippen LogP contribution is 2.28. The summed E-state index contributed by atoms with van der Waals surface area (Å²) in [7, 11) is 1.56. The van der Waals surface area contributed by atoms with Crippen molar-refractivity contribution in [3.8, 4) is 11.5 Å². The van der Waals surface area contributed by atoms with E-state index >= 15 is 0 Å². The van der Waals surface area contributed by atoms with Gasteiger partial charge >= 0.3 is 5.97 Å². The number of benzene rings is 2. The first-order valence-corrected chi connectivity index (χ1v) is 12.5. The zero-order valence-corrected chi connectivity index (χ0v) is 23.3. The summed E-state index contributed by atoms with van der Waals surface area (Å²) >= 11 is 5.56. The van der Waals surface area contributed by atoms with E-state index in [4.69, 9.17) is 32.0 Å². The van der Waals surface area contributed by atoms with Crippen LogP contribution in [0.1, 0.15) is 43.0 Å². The molecule has 2 rings (SSSR count). The van der Waals surface area contributed by atoms with Crippen molar-refractivity contribution in [2.45, 2.75) is 53.6 Å². The van der Waals surface area contributed by atoms with E-state index in [-0.39, 0.29) is 31.8 Å². The number of nitrogens with one attached hydrogen (secondary N) is 2. The molecule has 2 N–H and O–H groups in total. The average molecular weight is 528 g/mol. The van der Waals surface area contributed by atoms with E-state index in [1.165, 1.54) is 11.1 Å². The van der Waals surface area contributed by atoms with Gasteiger partial charge in [0.25, 0.3) is 0 Å². The molecule has 1 unspecified atom stereocenters. The van der Waals surface area contributed by atoms with E-state index < -0.39 is 5.41 Å². The zero-order chi connectivity index (χ0) is 27.4. The minimum Gasteiger partial charge on any atom is -0.493 e. The molecule has 2 aromatic rings. The lowest BCUT2D eigenvalue weighted by atomic mass is 9.97. The molecule has 200 valence electrons. The summed E-state index contributed by atoms with van der Waals surface area (Å²) < 4.78 is 16.6. The number of aryl methyl sites for hydroxylation is 2. The lowest BCUT2D eigenvalue weighted by molar-refractivity contribution is -0.153. The second kappa shape index (κ2) is 14.3. The SMILES string of the molecule is COc1cc(CNC(=S)NC(COC(=O)C(C)(C)C)Cc2ccc(C)c(C)c2)ccc1OCCN=[N+]=[N-]. The van der Waals surface area contributed by atoms with Gasteiger partial charge < -0.3 is 24.8 Å². The van der Waals surface area contributed by atoms with Crippen LogP contribution in [0.2, 0.25) is 0 Å². The Morgan fingerprint density at radius 1 is 1.11 bits per heavy atom. The topological polar surface area (TPSA) is 118 Å². The number of nitrogens with zero attached hydrogens (tertiary/aromatic N) is 3. The van der Waals surface area contributed by atoms with Gasteiger partial charge in [0.05, 0.1) is 31.7 Å². The highest BCUT2D eigenvalue weighted by atomic mass is 32.1. The van der Waals surface area contributed by atoms with Gasteiger partial charge in [-0.05, 0) is 93.2 Å². The van der Waals surface area contributed by atoms with E-state index in [2.05, 4.69) is 52.7 Å². The normalized spacial score (nSPS) is 11.6. The first kappa shape index (κ1) is 29.7. The molecular weight excluding hydrogens is 490 g/mol. The lowest BCUT2D eigenvalue weighted by Gasteiger charge is -2.24. The highest BCUT2D eigenvalue weighted by molar-refractivity contribution is 7.80. The average Bonchev–Trinajstić information content (AvgIpc) is 2.85. The predicted octanol–water partition coefficient (Wildman–Crippen LogP) is 5.17. The minimum absolute atomic E-state index is 0.195. The zero-order valence-electron chi connectivity index (χ0n) is 22.5. The summed E-state index contributed by atoms with van der Waals surface area (Å²) in [4.78, 5) is 15.1. The predicted molar refractivity (Wildman–Crippen MR) is 149 cm³/mol. The number of hydrogen-bond acceptors (Lipinski definition) is 6. The molecule has 0 heterocycles. The molecule has 0 fully saturated rings. The fourth-order valence-corrected chi connectivity index (χ4v) is 3.60. The first-order valence-electron chi connectivity index (χ1n) is 12.1. The fraction of sp³-hybridized carbons (Fsp3) is 0.481. The summed E-state index contributed by atoms with van der Waals surface area (Å²) in [6.45, 7) is 10.8. The van der Waals surface area contributed by atoms with Gasteiger partial charge in [-0.15, -0.1) is 0 Å². The van der Waals surface area contributed by atoms with Gasteiger partial charge in [0.2, 0.25) is 0 Å². The van der Waals surface area contributed by atoms with E-state index in [0.717, 1.165) is 11.1 Å². The van der Waals surface area contributed by atoms with Crippen LogP contribution in [0.4, 0.5) is 0 Å². The van der Waals surface area contributed by atoms with Crippen molar-refractivity contribution in [3.05, 3.63) is 69.1 Å². The third kappa shape index (κ3) is 10.2. The number of ether oxygens (including phenoxy) is 3. The molecule has 0 spiro atoms. The van der Waals surface area contributed by atoms with Gasteiger partial charge in [-0.1, -0.05) is 29.4 Å². The Kier molecular flexibility index (Phi) is 11.5. The van der Waals surface area contributed by atoms with Crippen LogP contribution in [-0.2, 0) is 22.5 Å². The molecule has 0 aliphatic rings. The number of carbonyl (C=O) groups excluding carboxylic acids is 1. The Morgan fingerprint density at radius 2 is 1.84 bits per heavy atom. The first-order chi connectivity index (χ1) is 17.5. The minimum atomic E-state index is -0.582. The number of methoxy groups -OCH3 is 1. The van der Waals surface area contributed by atoms with E-state index in [1.54, 1.807) is 13.2 Å². The van der Waals surface area contributed by atoms with Gasteiger partial charge in [-0.3, -0.25) is 4.79 Å². The van der Waals surface area contributed by atoms with Gasteiger partial charge in [0.1, 0.15) is 6.61 Å². The van der Waals surface area contributed by atoms with Gasteiger partial charge in [-0.25, -0.2) is 0 Å². The maximum Gasteiger partial charge on any atom is 0.311 e. The highest BCUT2D eigenvalue weighted by Gasteiger charge is 2.24. The summed E-state index contributed by atoms with van der Waals surface area (Å²) in [6.07, 6.45) is 0.649. The Balaban J connectivity index is 2.02. The van der Waals surface area contributed by atoms with Crippen LogP contribution in [0, 0.1) is 19.3 Å². The van der Waals surface area contributed by atoms with Gasteiger partial charge in [0.15, 0.2) is 16.6 Å². The maximum absolute atomic E-state index is 12.4. The standard InChI is InChI=1S/C27H37N5O4S/c1-18-7-8-20(13-19(18)2)14-22(17-36-25(33)27(3,4)5)31-26(37)29-16-21-9-10-23(24(15-21)34-6)35-12-11-30-32-28/h7-10,13,15,22H,11-12,14,16-17H2,1-6H3,(H2,29,31,37). The Hall–Kier alpha value is -3.49. The number of rotatable bonds is 12. The van der Waals surface area contributed by atoms with E-state index in [9.17, 15) is 4.79 Å². The summed E-state index contributed by atoms with van der Waals surface area (Å²) in [5.74, 6) is 0.877. The number of esters is 1. The molecule has 0 aliphatic heterocycles. The second-order valence-electron chi connectivity index (χ2n) is 9.78. The quantitative estimate of drug-likeness (QED) is 0.0977. The van der Waals surface area contributed by atoms with Crippen LogP contribution in [-0.4, -0.2) is 44.0 Å². The number of azide groups is 1. The number of carbonyl (C=O) groups is 1. The third-order valence-corrected chi connectivity index (χ3v) is 5.87. The molecule has 37 heavy (non-hydrogen) atoms. The molecule has 0 saturated heterocycles. The van der Waals surface area contributed by atoms with Crippen molar-refractivity contribution >= 4 is 23.3 Å². The number of hydrogen-bond donors (Lipinski definition) is 2. The molecule has 9 nitrogen and oxygen atoms in total. The summed E-state index contributed by atoms with van der Waals surface area (Å²) in [5, 5.41) is 10.4. The molecule has 0 amide bonds. The molecule has 0 aliphatic carbocycles. The van der Waals surface area contributed by atoms with Gasteiger partial charge in [0, 0.05) is 11.5 Å². The van der Waals surface area contributed by atoms with Crippen molar-refractivity contribution in [2.24, 2.45) is 10.5 Å². The Morgan fingerprint density at radius 3 is 2.49 bits per heavy atom. The van der Waals surface area contributed by atoms with Crippen molar-refractivity contribution in [1.29, 1.82) is 0 Å². The molecule has 2 aromatic carbocycles. The molecular formula is C27H37N5O4S. The number of thiocarbonyl (C=S) groups is 1. The van der Waals surface area contributed by atoms with E-state index in [1.807, 2.05) is 32.9 Å². The van der Waals surface area contributed by atoms with Crippen molar-refractivity contribution in [2.75, 3.05) is 26.9 Å². The van der Waals surface area contributed by atoms with Crippen molar-refractivity contribution in [1.82, 2.24) is 10.6 Å². The second-order valence-corrected chi connectivity index (χ2v) is 10.2. The molecule has 0 saturated carbocycles. The van der Waals surface area contributed by atoms with Crippen LogP contribution in [0.3, 0.4) is 0 Å². The van der Waals surface area contributed by atoms with E-state index in [0.29, 0.717) is 29.6 Å². The van der Waals surface area contributed by atoms with Crippen LogP contribution in [0.25, 0.3) is 10.4 Å². The molecule has 1 atom stereocenters. The van der Waals surface area contributed by atoms with Crippen LogP contribution < -0.4 is 20.1 Å².